The van der Waals surface area contributed by atoms with Crippen molar-refractivity contribution in [1.82, 2.24) is 0 Å². The van der Waals surface area contributed by atoms with Crippen LogP contribution in [0.25, 0.3) is 0 Å². The van der Waals surface area contributed by atoms with E-state index in [0.29, 0.717) is 6.42 Å². The lowest BCUT2D eigenvalue weighted by atomic mass is 9.94. The Labute approximate surface area is 86.1 Å². The van der Waals surface area contributed by atoms with E-state index in [1.165, 1.54) is 5.56 Å². The highest BCUT2D eigenvalue weighted by atomic mass is 16.3. The number of hydrogen-bond donors (Lipinski definition) is 1. The molecule has 1 aromatic carbocycles. The van der Waals surface area contributed by atoms with Gasteiger partial charge in [0.2, 0.25) is 0 Å². The van der Waals surface area contributed by atoms with Gasteiger partial charge in [0, 0.05) is 0 Å². The standard InChI is InChI=1S/C13H18O/c1-5-6-12(14)13-10(3)7-9(2)8-11(13)4/h5,7-8,12,14H,1,6H2,2-4H3/t12-/m1/s1. The highest BCUT2D eigenvalue weighted by Gasteiger charge is 2.11. The van der Waals surface area contributed by atoms with Crippen LogP contribution in [0.15, 0.2) is 24.8 Å². The fourth-order valence-electron chi connectivity index (χ4n) is 1.99. The highest BCUT2D eigenvalue weighted by Crippen LogP contribution is 2.25. The van der Waals surface area contributed by atoms with Gasteiger partial charge in [0.1, 0.15) is 0 Å². The fourth-order valence-corrected chi connectivity index (χ4v) is 1.99. The van der Waals surface area contributed by atoms with Gasteiger partial charge < -0.3 is 5.11 Å². The molecule has 0 bridgehead atoms. The normalized spacial score (nSPS) is 12.6. The minimum Gasteiger partial charge on any atom is -0.388 e. The maximum Gasteiger partial charge on any atom is 0.0829 e. The molecule has 1 nitrogen and oxygen atoms in total. The maximum atomic E-state index is 9.90. The van der Waals surface area contributed by atoms with Gasteiger partial charge in [0.15, 0.2) is 0 Å². The Morgan fingerprint density at radius 2 is 1.79 bits per heavy atom. The average Bonchev–Trinajstić information content (AvgIpc) is 2.01. The monoisotopic (exact) mass is 190 g/mol. The topological polar surface area (TPSA) is 20.2 Å². The smallest absolute Gasteiger partial charge is 0.0829 e. The van der Waals surface area contributed by atoms with Crippen LogP contribution in [-0.2, 0) is 0 Å². The van der Waals surface area contributed by atoms with E-state index in [9.17, 15) is 5.11 Å². The number of hydrogen-bond acceptors (Lipinski definition) is 1. The SMILES string of the molecule is C=CC[C@@H](O)c1c(C)cc(C)cc1C. The van der Waals surface area contributed by atoms with E-state index < -0.39 is 6.10 Å². The van der Waals surface area contributed by atoms with Gasteiger partial charge >= 0.3 is 0 Å². The van der Waals surface area contributed by atoms with Crippen LogP contribution in [0.5, 0.6) is 0 Å². The summed E-state index contributed by atoms with van der Waals surface area (Å²) in [5.41, 5.74) is 4.62. The molecule has 0 aromatic heterocycles. The zero-order valence-corrected chi connectivity index (χ0v) is 9.17. The molecule has 1 heteroatoms. The van der Waals surface area contributed by atoms with Gasteiger partial charge in [0.05, 0.1) is 6.10 Å². The summed E-state index contributed by atoms with van der Waals surface area (Å²) in [7, 11) is 0. The molecule has 0 radical (unpaired) electrons. The number of aliphatic hydroxyl groups excluding tert-OH is 1. The van der Waals surface area contributed by atoms with Gasteiger partial charge in [-0.2, -0.15) is 0 Å². The molecule has 0 aliphatic carbocycles. The Bertz CT molecular complexity index is 316. The summed E-state index contributed by atoms with van der Waals surface area (Å²) in [5.74, 6) is 0. The summed E-state index contributed by atoms with van der Waals surface area (Å²) in [6.07, 6.45) is 1.96. The Kier molecular flexibility index (Phi) is 3.48. The molecule has 0 amide bonds. The van der Waals surface area contributed by atoms with Crippen molar-refractivity contribution in [2.45, 2.75) is 33.3 Å². The summed E-state index contributed by atoms with van der Waals surface area (Å²) < 4.78 is 0. The second-order valence-corrected chi connectivity index (χ2v) is 3.85. The molecule has 1 rings (SSSR count). The van der Waals surface area contributed by atoms with Crippen LogP contribution in [0.3, 0.4) is 0 Å². The first-order valence-electron chi connectivity index (χ1n) is 4.93. The van der Waals surface area contributed by atoms with Crippen LogP contribution in [0.1, 0.15) is 34.8 Å². The number of aliphatic hydroxyl groups is 1. The predicted molar refractivity (Wildman–Crippen MR) is 60.4 cm³/mol. The molecule has 0 aliphatic rings. The van der Waals surface area contributed by atoms with Crippen molar-refractivity contribution in [3.8, 4) is 0 Å². The molecule has 1 atom stereocenters. The van der Waals surface area contributed by atoms with Crippen molar-refractivity contribution < 1.29 is 5.11 Å². The second-order valence-electron chi connectivity index (χ2n) is 3.85. The van der Waals surface area contributed by atoms with Gasteiger partial charge in [-0.25, -0.2) is 0 Å². The summed E-state index contributed by atoms with van der Waals surface area (Å²) in [4.78, 5) is 0. The minimum absolute atomic E-state index is 0.409. The van der Waals surface area contributed by atoms with E-state index in [-0.39, 0.29) is 0 Å². The Morgan fingerprint density at radius 1 is 1.29 bits per heavy atom. The van der Waals surface area contributed by atoms with Gasteiger partial charge in [-0.05, 0) is 43.9 Å². The van der Waals surface area contributed by atoms with Crippen molar-refractivity contribution in [2.24, 2.45) is 0 Å². The Morgan fingerprint density at radius 3 is 2.21 bits per heavy atom. The molecule has 0 unspecified atom stereocenters. The van der Waals surface area contributed by atoms with Crippen molar-refractivity contribution in [3.05, 3.63) is 47.0 Å². The molecule has 0 aliphatic heterocycles. The zero-order chi connectivity index (χ0) is 10.7. The number of aryl methyl sites for hydroxylation is 3. The molecule has 0 saturated carbocycles. The Balaban J connectivity index is 3.13. The van der Waals surface area contributed by atoms with Gasteiger partial charge in [-0.3, -0.25) is 0 Å². The van der Waals surface area contributed by atoms with E-state index in [2.05, 4.69) is 25.6 Å². The lowest BCUT2D eigenvalue weighted by molar-refractivity contribution is 0.180. The molecular weight excluding hydrogens is 172 g/mol. The largest absolute Gasteiger partial charge is 0.388 e. The van der Waals surface area contributed by atoms with Gasteiger partial charge in [-0.15, -0.1) is 6.58 Å². The van der Waals surface area contributed by atoms with Crippen LogP contribution in [-0.4, -0.2) is 5.11 Å². The molecule has 0 saturated heterocycles. The van der Waals surface area contributed by atoms with Crippen LogP contribution in [0, 0.1) is 20.8 Å². The van der Waals surface area contributed by atoms with E-state index in [1.807, 2.05) is 13.8 Å². The summed E-state index contributed by atoms with van der Waals surface area (Å²) in [5, 5.41) is 9.90. The molecule has 0 heterocycles. The molecule has 1 aromatic rings. The third kappa shape index (κ3) is 2.24. The highest BCUT2D eigenvalue weighted by molar-refractivity contribution is 5.39. The molecule has 0 fully saturated rings. The van der Waals surface area contributed by atoms with E-state index >= 15 is 0 Å². The molecule has 1 N–H and O–H groups in total. The predicted octanol–water partition coefficient (Wildman–Crippen LogP) is 3.22. The first-order chi connectivity index (χ1) is 6.56. The van der Waals surface area contributed by atoms with Crippen LogP contribution in [0.2, 0.25) is 0 Å². The number of benzene rings is 1. The average molecular weight is 190 g/mol. The maximum absolute atomic E-state index is 9.90. The van der Waals surface area contributed by atoms with E-state index in [0.717, 1.165) is 16.7 Å². The molecule has 76 valence electrons. The van der Waals surface area contributed by atoms with Crippen LogP contribution >= 0.6 is 0 Å². The molecular formula is C13H18O. The summed E-state index contributed by atoms with van der Waals surface area (Å²) in [6, 6.07) is 4.21. The van der Waals surface area contributed by atoms with E-state index in [4.69, 9.17) is 0 Å². The van der Waals surface area contributed by atoms with Crippen LogP contribution < -0.4 is 0 Å². The molecule has 0 spiro atoms. The zero-order valence-electron chi connectivity index (χ0n) is 9.17. The second kappa shape index (κ2) is 4.43. The van der Waals surface area contributed by atoms with E-state index in [1.54, 1.807) is 6.08 Å². The lowest BCUT2D eigenvalue weighted by Gasteiger charge is -2.15. The van der Waals surface area contributed by atoms with Crippen LogP contribution in [0.4, 0.5) is 0 Å². The lowest BCUT2D eigenvalue weighted by Crippen LogP contribution is -2.02. The quantitative estimate of drug-likeness (QED) is 0.725. The number of rotatable bonds is 3. The van der Waals surface area contributed by atoms with Crippen molar-refractivity contribution >= 4 is 0 Å². The van der Waals surface area contributed by atoms with Crippen molar-refractivity contribution in [3.63, 3.8) is 0 Å². The first-order valence-corrected chi connectivity index (χ1v) is 4.93. The Hall–Kier alpha value is -1.08. The van der Waals surface area contributed by atoms with Crippen molar-refractivity contribution in [1.29, 1.82) is 0 Å². The third-order valence-electron chi connectivity index (χ3n) is 2.46. The summed E-state index contributed by atoms with van der Waals surface area (Å²) in [6.45, 7) is 9.80. The van der Waals surface area contributed by atoms with Gasteiger partial charge in [-0.1, -0.05) is 23.8 Å². The minimum atomic E-state index is -0.409. The van der Waals surface area contributed by atoms with Gasteiger partial charge in [0.25, 0.3) is 0 Å². The summed E-state index contributed by atoms with van der Waals surface area (Å²) >= 11 is 0. The third-order valence-corrected chi connectivity index (χ3v) is 2.46. The molecule has 14 heavy (non-hydrogen) atoms. The fraction of sp³-hybridized carbons (Fsp3) is 0.385. The first kappa shape index (κ1) is 11.0. The van der Waals surface area contributed by atoms with Crippen molar-refractivity contribution in [2.75, 3.05) is 0 Å².